The molecule has 0 fully saturated rings. The molecule has 1 aromatic heterocycles. The van der Waals surface area contributed by atoms with E-state index in [0.717, 1.165) is 24.3 Å². The average Bonchev–Trinajstić information content (AvgIpc) is 2.59. The number of aryl methyl sites for hydroxylation is 2. The number of imidazole rings is 1. The van der Waals surface area contributed by atoms with E-state index >= 15 is 0 Å². The van der Waals surface area contributed by atoms with Crippen LogP contribution in [0.5, 0.6) is 0 Å². The second-order valence-corrected chi connectivity index (χ2v) is 5.11. The summed E-state index contributed by atoms with van der Waals surface area (Å²) in [5.41, 5.74) is 1.65. The van der Waals surface area contributed by atoms with Crippen LogP contribution in [0.4, 0.5) is 4.39 Å². The highest BCUT2D eigenvalue weighted by Crippen LogP contribution is 2.24. The van der Waals surface area contributed by atoms with Gasteiger partial charge in [0.25, 0.3) is 0 Å². The van der Waals surface area contributed by atoms with Gasteiger partial charge in [-0.25, -0.2) is 9.37 Å². The van der Waals surface area contributed by atoms with Crippen LogP contribution in [-0.2, 0) is 13.0 Å². The lowest BCUT2D eigenvalue weighted by atomic mass is 10.3. The smallest absolute Gasteiger partial charge is 0.139 e. The van der Waals surface area contributed by atoms with Crippen molar-refractivity contribution in [3.8, 4) is 0 Å². The zero-order chi connectivity index (χ0) is 12.4. The monoisotopic (exact) mass is 318 g/mol. The van der Waals surface area contributed by atoms with Gasteiger partial charge in [0.15, 0.2) is 0 Å². The second-order valence-electron chi connectivity index (χ2n) is 3.87. The summed E-state index contributed by atoms with van der Waals surface area (Å²) in [5, 5.41) is 0. The molecule has 0 saturated carbocycles. The number of aromatic nitrogens is 2. The number of halogens is 3. The van der Waals surface area contributed by atoms with Gasteiger partial charge in [-0.3, -0.25) is 0 Å². The molecular weight excluding hydrogens is 307 g/mol. The van der Waals surface area contributed by atoms with Gasteiger partial charge in [0, 0.05) is 24.9 Å². The van der Waals surface area contributed by atoms with Crippen molar-refractivity contribution in [3.05, 3.63) is 28.2 Å². The molecule has 0 aliphatic heterocycles. The van der Waals surface area contributed by atoms with Crippen LogP contribution in [0.2, 0.25) is 0 Å². The van der Waals surface area contributed by atoms with Gasteiger partial charge in [-0.05, 0) is 28.4 Å². The third-order valence-electron chi connectivity index (χ3n) is 2.63. The Morgan fingerprint density at radius 2 is 2.24 bits per heavy atom. The van der Waals surface area contributed by atoms with Gasteiger partial charge in [0.2, 0.25) is 0 Å². The Bertz CT molecular complexity index is 539. The lowest BCUT2D eigenvalue weighted by Crippen LogP contribution is -2.04. The Morgan fingerprint density at radius 1 is 1.47 bits per heavy atom. The van der Waals surface area contributed by atoms with Crippen LogP contribution in [0.1, 0.15) is 19.2 Å². The van der Waals surface area contributed by atoms with Crippen LogP contribution < -0.4 is 0 Å². The fraction of sp³-hybridized carbons (Fsp3) is 0.417. The number of alkyl halides is 1. The minimum absolute atomic E-state index is 0.281. The molecule has 0 bridgehead atoms. The van der Waals surface area contributed by atoms with Crippen LogP contribution in [0.3, 0.4) is 0 Å². The summed E-state index contributed by atoms with van der Waals surface area (Å²) in [7, 11) is 0. The zero-order valence-electron chi connectivity index (χ0n) is 9.51. The molecule has 2 nitrogen and oxygen atoms in total. The predicted octanol–water partition coefficient (Wildman–Crippen LogP) is 4.13. The van der Waals surface area contributed by atoms with Gasteiger partial charge < -0.3 is 4.57 Å². The summed E-state index contributed by atoms with van der Waals surface area (Å²) in [4.78, 5) is 4.44. The highest BCUT2D eigenvalue weighted by Gasteiger charge is 2.12. The number of hydrogen-bond donors (Lipinski definition) is 0. The molecule has 0 N–H and O–H groups in total. The summed E-state index contributed by atoms with van der Waals surface area (Å²) < 4.78 is 16.0. The van der Waals surface area contributed by atoms with Crippen molar-refractivity contribution in [1.29, 1.82) is 0 Å². The van der Waals surface area contributed by atoms with E-state index in [1.54, 1.807) is 6.07 Å². The normalized spacial score (nSPS) is 11.3. The molecular formula is C12H13BrClFN2. The molecule has 0 atom stereocenters. The summed E-state index contributed by atoms with van der Waals surface area (Å²) in [6.45, 7) is 2.98. The maximum absolute atomic E-state index is 13.4. The second kappa shape index (κ2) is 5.36. The molecule has 1 aromatic carbocycles. The first-order valence-electron chi connectivity index (χ1n) is 5.57. The quantitative estimate of drug-likeness (QED) is 0.775. The number of nitrogens with zero attached hydrogens (tertiary/aromatic N) is 2. The first kappa shape index (κ1) is 12.8. The third kappa shape index (κ3) is 2.47. The molecule has 1 heterocycles. The summed E-state index contributed by atoms with van der Waals surface area (Å²) in [6, 6.07) is 3.24. The van der Waals surface area contributed by atoms with Crippen molar-refractivity contribution >= 4 is 38.6 Å². The van der Waals surface area contributed by atoms with E-state index in [-0.39, 0.29) is 5.82 Å². The molecule has 0 spiro atoms. The summed E-state index contributed by atoms with van der Waals surface area (Å²) >= 11 is 8.97. The lowest BCUT2D eigenvalue weighted by Gasteiger charge is -2.06. The van der Waals surface area contributed by atoms with E-state index in [1.165, 1.54) is 6.07 Å². The fourth-order valence-electron chi connectivity index (χ4n) is 1.92. The van der Waals surface area contributed by atoms with Gasteiger partial charge in [0.05, 0.1) is 15.5 Å². The van der Waals surface area contributed by atoms with Crippen molar-refractivity contribution < 1.29 is 4.39 Å². The molecule has 0 unspecified atom stereocenters. The Hall–Kier alpha value is -0.610. The van der Waals surface area contributed by atoms with Crippen molar-refractivity contribution in [2.75, 3.05) is 5.88 Å². The topological polar surface area (TPSA) is 17.8 Å². The van der Waals surface area contributed by atoms with E-state index in [2.05, 4.69) is 32.4 Å². The van der Waals surface area contributed by atoms with Crippen molar-refractivity contribution in [1.82, 2.24) is 9.55 Å². The molecule has 2 aromatic rings. The van der Waals surface area contributed by atoms with Crippen LogP contribution in [-0.4, -0.2) is 15.4 Å². The largest absolute Gasteiger partial charge is 0.328 e. The van der Waals surface area contributed by atoms with Crippen LogP contribution >= 0.6 is 27.5 Å². The minimum Gasteiger partial charge on any atom is -0.328 e. The first-order valence-corrected chi connectivity index (χ1v) is 6.90. The molecule has 0 radical (unpaired) electrons. The molecule has 0 amide bonds. The highest BCUT2D eigenvalue weighted by atomic mass is 79.9. The van der Waals surface area contributed by atoms with Gasteiger partial charge in [-0.2, -0.15) is 0 Å². The standard InChI is InChI=1S/C12H13BrClFN2/c1-2-5-17-11-6-8(13)9(15)7-10(11)16-12(17)3-4-14/h6-7H,2-5H2,1H3. The van der Waals surface area contributed by atoms with E-state index in [4.69, 9.17) is 11.6 Å². The Balaban J connectivity index is 2.62. The Labute approximate surface area is 113 Å². The first-order chi connectivity index (χ1) is 8.17. The van der Waals surface area contributed by atoms with Gasteiger partial charge in [0.1, 0.15) is 11.6 Å². The number of rotatable bonds is 4. The molecule has 92 valence electrons. The van der Waals surface area contributed by atoms with E-state index in [1.807, 2.05) is 0 Å². The Morgan fingerprint density at radius 3 is 2.88 bits per heavy atom. The highest BCUT2D eigenvalue weighted by molar-refractivity contribution is 9.10. The fourth-order valence-corrected chi connectivity index (χ4v) is 2.42. The van der Waals surface area contributed by atoms with E-state index < -0.39 is 0 Å². The zero-order valence-corrected chi connectivity index (χ0v) is 11.9. The van der Waals surface area contributed by atoms with Crippen LogP contribution in [0.25, 0.3) is 11.0 Å². The van der Waals surface area contributed by atoms with Gasteiger partial charge in [-0.15, -0.1) is 11.6 Å². The average molecular weight is 320 g/mol. The molecule has 0 saturated heterocycles. The van der Waals surface area contributed by atoms with E-state index in [9.17, 15) is 4.39 Å². The Kier molecular flexibility index (Phi) is 4.05. The number of fused-ring (bicyclic) bond motifs is 1. The minimum atomic E-state index is -0.281. The molecule has 0 aliphatic carbocycles. The molecule has 5 heteroatoms. The van der Waals surface area contributed by atoms with Crippen molar-refractivity contribution in [2.45, 2.75) is 26.3 Å². The lowest BCUT2D eigenvalue weighted by molar-refractivity contribution is 0.622. The van der Waals surface area contributed by atoms with Crippen LogP contribution in [0.15, 0.2) is 16.6 Å². The third-order valence-corrected chi connectivity index (χ3v) is 3.43. The van der Waals surface area contributed by atoms with E-state index in [0.29, 0.717) is 22.3 Å². The number of benzene rings is 1. The molecule has 17 heavy (non-hydrogen) atoms. The molecule has 0 aliphatic rings. The SMILES string of the molecule is CCCn1c(CCCl)nc2cc(F)c(Br)cc21. The van der Waals surface area contributed by atoms with Gasteiger partial charge in [-0.1, -0.05) is 6.92 Å². The summed E-state index contributed by atoms with van der Waals surface area (Å²) in [6.07, 6.45) is 1.71. The number of hydrogen-bond acceptors (Lipinski definition) is 1. The van der Waals surface area contributed by atoms with Crippen molar-refractivity contribution in [3.63, 3.8) is 0 Å². The maximum Gasteiger partial charge on any atom is 0.139 e. The van der Waals surface area contributed by atoms with Gasteiger partial charge >= 0.3 is 0 Å². The maximum atomic E-state index is 13.4. The summed E-state index contributed by atoms with van der Waals surface area (Å²) in [5.74, 6) is 1.17. The van der Waals surface area contributed by atoms with Crippen molar-refractivity contribution in [2.24, 2.45) is 0 Å². The predicted molar refractivity (Wildman–Crippen MR) is 72.1 cm³/mol. The van der Waals surface area contributed by atoms with Crippen LogP contribution in [0, 0.1) is 5.82 Å². The molecule has 2 rings (SSSR count).